The second kappa shape index (κ2) is 13.4. The van der Waals surface area contributed by atoms with Gasteiger partial charge in [-0.2, -0.15) is 0 Å². The number of hydrogen-bond acceptors (Lipinski definition) is 4. The van der Waals surface area contributed by atoms with Crippen LogP contribution in [0.4, 0.5) is 0 Å². The van der Waals surface area contributed by atoms with Crippen molar-refractivity contribution >= 4 is 10.9 Å². The summed E-state index contributed by atoms with van der Waals surface area (Å²) in [5.74, 6) is 1.22. The fourth-order valence-electron chi connectivity index (χ4n) is 6.96. The fourth-order valence-corrected chi connectivity index (χ4v) is 6.96. The van der Waals surface area contributed by atoms with Crippen LogP contribution in [0.25, 0.3) is 10.9 Å². The first-order valence-corrected chi connectivity index (χ1v) is 15.5. The van der Waals surface area contributed by atoms with Gasteiger partial charge in [0.1, 0.15) is 11.9 Å². The maximum absolute atomic E-state index is 13.1. The summed E-state index contributed by atoms with van der Waals surface area (Å²) in [4.78, 5) is 9.07. The maximum atomic E-state index is 13.1. The van der Waals surface area contributed by atoms with Crippen LogP contribution >= 0.6 is 0 Å². The van der Waals surface area contributed by atoms with Gasteiger partial charge in [-0.3, -0.25) is 0 Å². The Morgan fingerprint density at radius 2 is 1.14 bits per heavy atom. The van der Waals surface area contributed by atoms with E-state index in [1.165, 1.54) is 89.9 Å². The summed E-state index contributed by atoms with van der Waals surface area (Å²) in [6.07, 6.45) is 24.3. The van der Waals surface area contributed by atoms with E-state index >= 15 is 0 Å². The summed E-state index contributed by atoms with van der Waals surface area (Å²) < 4.78 is 6.27. The van der Waals surface area contributed by atoms with Crippen LogP contribution in [-0.2, 0) is 5.60 Å². The molecule has 2 aliphatic carbocycles. The van der Waals surface area contributed by atoms with E-state index in [0.29, 0.717) is 17.7 Å². The number of aliphatic hydroxyl groups is 1. The third-order valence-corrected chi connectivity index (χ3v) is 8.92. The molecule has 4 rings (SSSR count). The molecule has 2 aromatic rings. The van der Waals surface area contributed by atoms with Crippen molar-refractivity contribution in [1.29, 1.82) is 0 Å². The molecule has 4 heteroatoms. The van der Waals surface area contributed by atoms with Crippen LogP contribution < -0.4 is 4.74 Å². The van der Waals surface area contributed by atoms with Gasteiger partial charge in [0, 0.05) is 0 Å². The van der Waals surface area contributed by atoms with E-state index in [1.54, 1.807) is 6.33 Å². The van der Waals surface area contributed by atoms with Gasteiger partial charge in [-0.1, -0.05) is 96.0 Å². The molecular weight excluding hydrogens is 456 g/mol. The molecule has 1 aromatic heterocycles. The van der Waals surface area contributed by atoms with Crippen LogP contribution in [0.1, 0.15) is 142 Å². The van der Waals surface area contributed by atoms with Crippen molar-refractivity contribution in [1.82, 2.24) is 9.97 Å². The molecule has 2 aliphatic rings. The average Bonchev–Trinajstić information content (AvgIpc) is 2.89. The van der Waals surface area contributed by atoms with Crippen LogP contribution in [0.5, 0.6) is 5.88 Å². The molecule has 0 saturated heterocycles. The van der Waals surface area contributed by atoms with Crippen LogP contribution in [-0.4, -0.2) is 20.7 Å². The molecule has 0 unspecified atom stereocenters. The first-order chi connectivity index (χ1) is 17.9. The van der Waals surface area contributed by atoms with E-state index in [0.717, 1.165) is 42.1 Å². The predicted molar refractivity (Wildman–Crippen MR) is 154 cm³/mol. The van der Waals surface area contributed by atoms with Crippen molar-refractivity contribution < 1.29 is 9.84 Å². The normalized spacial score (nSPS) is 21.0. The zero-order chi connectivity index (χ0) is 26.1. The lowest BCUT2D eigenvalue weighted by molar-refractivity contribution is -0.0913. The predicted octanol–water partition coefficient (Wildman–Crippen LogP) is 9.28. The zero-order valence-electron chi connectivity index (χ0n) is 23.9. The van der Waals surface area contributed by atoms with Crippen LogP contribution in [0, 0.1) is 11.8 Å². The summed E-state index contributed by atoms with van der Waals surface area (Å²) >= 11 is 0. The maximum Gasteiger partial charge on any atom is 0.224 e. The van der Waals surface area contributed by atoms with Gasteiger partial charge in [-0.15, -0.1) is 0 Å². The summed E-state index contributed by atoms with van der Waals surface area (Å²) in [6, 6.07) is 6.45. The molecule has 206 valence electrons. The minimum Gasteiger partial charge on any atom is -0.471 e. The number of fused-ring (bicyclic) bond motifs is 1. The third kappa shape index (κ3) is 7.68. The lowest BCUT2D eigenvalue weighted by Gasteiger charge is -2.44. The second-order valence-corrected chi connectivity index (χ2v) is 12.9. The van der Waals surface area contributed by atoms with Gasteiger partial charge < -0.3 is 9.84 Å². The lowest BCUT2D eigenvalue weighted by Crippen LogP contribution is -2.43. The largest absolute Gasteiger partial charge is 0.471 e. The van der Waals surface area contributed by atoms with Crippen molar-refractivity contribution in [3.63, 3.8) is 0 Å². The summed E-state index contributed by atoms with van der Waals surface area (Å²) in [6.45, 7) is 6.17. The highest BCUT2D eigenvalue weighted by Gasteiger charge is 2.44. The minimum atomic E-state index is -0.818. The topological polar surface area (TPSA) is 55.2 Å². The lowest BCUT2D eigenvalue weighted by atomic mass is 9.65. The molecule has 0 bridgehead atoms. The van der Waals surface area contributed by atoms with E-state index < -0.39 is 5.60 Å². The van der Waals surface area contributed by atoms with Crippen molar-refractivity contribution in [2.45, 2.75) is 148 Å². The van der Waals surface area contributed by atoms with Gasteiger partial charge in [0.25, 0.3) is 0 Å². The van der Waals surface area contributed by atoms with E-state index in [2.05, 4.69) is 48.9 Å². The molecule has 1 aromatic carbocycles. The molecule has 0 spiro atoms. The van der Waals surface area contributed by atoms with Crippen LogP contribution in [0.2, 0.25) is 0 Å². The van der Waals surface area contributed by atoms with Crippen molar-refractivity contribution in [2.24, 2.45) is 11.8 Å². The van der Waals surface area contributed by atoms with Gasteiger partial charge in [0.2, 0.25) is 5.88 Å². The summed E-state index contributed by atoms with van der Waals surface area (Å²) in [5.41, 5.74) is 0.789. The van der Waals surface area contributed by atoms with Gasteiger partial charge >= 0.3 is 0 Å². The molecule has 1 heterocycles. The van der Waals surface area contributed by atoms with E-state index in [4.69, 9.17) is 4.74 Å². The Kier molecular flexibility index (Phi) is 10.3. The Balaban J connectivity index is 1.77. The molecule has 37 heavy (non-hydrogen) atoms. The number of ether oxygens (including phenoxy) is 1. The Hall–Kier alpha value is -1.68. The Morgan fingerprint density at radius 3 is 1.59 bits per heavy atom. The molecule has 0 atom stereocenters. The zero-order valence-corrected chi connectivity index (χ0v) is 23.9. The van der Waals surface area contributed by atoms with Gasteiger partial charge in [0.05, 0.1) is 16.5 Å². The number of aromatic nitrogens is 2. The Morgan fingerprint density at radius 1 is 0.676 bits per heavy atom. The smallest absolute Gasteiger partial charge is 0.224 e. The van der Waals surface area contributed by atoms with E-state index in [9.17, 15) is 5.11 Å². The van der Waals surface area contributed by atoms with Crippen molar-refractivity contribution in [3.8, 4) is 5.88 Å². The van der Waals surface area contributed by atoms with Crippen LogP contribution in [0.3, 0.4) is 0 Å². The minimum absolute atomic E-state index is 0.299. The molecule has 0 amide bonds. The molecule has 2 saturated carbocycles. The molecule has 4 nitrogen and oxygen atoms in total. The van der Waals surface area contributed by atoms with Crippen molar-refractivity contribution in [3.05, 3.63) is 30.1 Å². The number of hydrogen-bond donors (Lipinski definition) is 1. The average molecular weight is 509 g/mol. The summed E-state index contributed by atoms with van der Waals surface area (Å²) in [5, 5.41) is 14.0. The Labute approximate surface area is 226 Å². The van der Waals surface area contributed by atoms with Gasteiger partial charge in [0.15, 0.2) is 0 Å². The van der Waals surface area contributed by atoms with Gasteiger partial charge in [-0.25, -0.2) is 9.97 Å². The number of benzene rings is 1. The summed E-state index contributed by atoms with van der Waals surface area (Å²) in [7, 11) is 0. The quantitative estimate of drug-likeness (QED) is 0.447. The number of rotatable bonds is 4. The van der Waals surface area contributed by atoms with E-state index in [-0.39, 0.29) is 5.60 Å². The highest BCUT2D eigenvalue weighted by molar-refractivity contribution is 5.84. The first kappa shape index (κ1) is 28.3. The van der Waals surface area contributed by atoms with Crippen LogP contribution in [0.15, 0.2) is 24.5 Å². The highest BCUT2D eigenvalue weighted by Crippen LogP contribution is 2.48. The highest BCUT2D eigenvalue weighted by atomic mass is 16.5. The second-order valence-electron chi connectivity index (χ2n) is 12.9. The molecule has 0 aliphatic heterocycles. The van der Waals surface area contributed by atoms with E-state index in [1.807, 2.05) is 0 Å². The molecule has 0 radical (unpaired) electrons. The third-order valence-electron chi connectivity index (χ3n) is 8.92. The number of nitrogens with zero attached hydrogens (tertiary/aromatic N) is 2. The van der Waals surface area contributed by atoms with Crippen molar-refractivity contribution in [2.75, 3.05) is 0 Å². The SMILES string of the molecule is CC(C)(C)Oc1ncnc2ccc(C(O)(C3CCCCCCCCC3)C3CCCCCCCCC3)cc12. The molecular formula is C33H52N2O2. The fraction of sp³-hybridized carbons (Fsp3) is 0.758. The first-order valence-electron chi connectivity index (χ1n) is 15.5. The molecule has 1 N–H and O–H groups in total. The standard InChI is InChI=1S/C33H52N2O2/c1-32(2,3)37-31-29-24-28(22-23-30(29)34-25-35-31)33(36,26-18-14-10-6-4-7-11-15-19-26)27-20-16-12-8-5-9-13-17-21-27/h22-27,36H,4-21H2,1-3H3. The van der Waals surface area contributed by atoms with Gasteiger partial charge in [-0.05, 0) is 76.0 Å². The monoisotopic (exact) mass is 508 g/mol. The Bertz CT molecular complexity index is 920. The molecule has 2 fully saturated rings.